The lowest BCUT2D eigenvalue weighted by atomic mass is 10.2. The number of primary amides is 1. The van der Waals surface area contributed by atoms with E-state index in [1.54, 1.807) is 14.2 Å². The van der Waals surface area contributed by atoms with Crippen LogP contribution in [0.3, 0.4) is 0 Å². The molecule has 0 aromatic heterocycles. The number of nitrogens with two attached hydrogens (primary N) is 1. The van der Waals surface area contributed by atoms with Crippen molar-refractivity contribution in [2.45, 2.75) is 6.54 Å². The van der Waals surface area contributed by atoms with Gasteiger partial charge in [0.25, 0.3) is 0 Å². The van der Waals surface area contributed by atoms with Crippen molar-refractivity contribution < 1.29 is 14.3 Å². The Labute approximate surface area is 106 Å². The molecule has 18 heavy (non-hydrogen) atoms. The Hall–Kier alpha value is -1.95. The number of benzene rings is 1. The molecule has 6 heteroatoms. The van der Waals surface area contributed by atoms with Crippen LogP contribution in [0, 0.1) is 0 Å². The Morgan fingerprint density at radius 1 is 1.22 bits per heavy atom. The molecular weight excluding hydrogens is 234 g/mol. The van der Waals surface area contributed by atoms with Gasteiger partial charge < -0.3 is 25.8 Å². The Kier molecular flexibility index (Phi) is 5.79. The van der Waals surface area contributed by atoms with Crippen LogP contribution in [-0.4, -0.2) is 33.3 Å². The van der Waals surface area contributed by atoms with Crippen molar-refractivity contribution in [3.8, 4) is 11.5 Å². The van der Waals surface area contributed by atoms with Crippen LogP contribution in [-0.2, 0) is 6.54 Å². The van der Waals surface area contributed by atoms with E-state index >= 15 is 0 Å². The van der Waals surface area contributed by atoms with Gasteiger partial charge in [-0.3, -0.25) is 0 Å². The van der Waals surface area contributed by atoms with Crippen molar-refractivity contribution >= 4 is 6.03 Å². The smallest absolute Gasteiger partial charge is 0.312 e. The van der Waals surface area contributed by atoms with Crippen LogP contribution in [0.25, 0.3) is 0 Å². The number of nitrogens with one attached hydrogen (secondary N) is 2. The summed E-state index contributed by atoms with van der Waals surface area (Å²) in [5, 5.41) is 5.68. The quantitative estimate of drug-likeness (QED) is 0.616. The Morgan fingerprint density at radius 3 is 2.56 bits per heavy atom. The van der Waals surface area contributed by atoms with E-state index in [2.05, 4.69) is 10.6 Å². The minimum absolute atomic E-state index is 0.503. The van der Waals surface area contributed by atoms with Gasteiger partial charge in [0, 0.05) is 19.6 Å². The van der Waals surface area contributed by atoms with Gasteiger partial charge in [-0.2, -0.15) is 0 Å². The lowest BCUT2D eigenvalue weighted by Gasteiger charge is -2.10. The van der Waals surface area contributed by atoms with Crippen molar-refractivity contribution in [2.24, 2.45) is 5.73 Å². The number of hydrogen-bond donors (Lipinski definition) is 3. The van der Waals surface area contributed by atoms with E-state index in [1.807, 2.05) is 18.2 Å². The van der Waals surface area contributed by atoms with Gasteiger partial charge in [-0.25, -0.2) is 4.79 Å². The topological polar surface area (TPSA) is 85.6 Å². The SMILES string of the molecule is COc1ccc(CNCCNC(N)=O)cc1OC. The molecule has 0 radical (unpaired) electrons. The lowest BCUT2D eigenvalue weighted by Crippen LogP contribution is -2.35. The predicted molar refractivity (Wildman–Crippen MR) is 68.8 cm³/mol. The normalized spacial score (nSPS) is 9.89. The molecule has 0 fully saturated rings. The predicted octanol–water partition coefficient (Wildman–Crippen LogP) is 0.462. The third kappa shape index (κ3) is 4.50. The van der Waals surface area contributed by atoms with Gasteiger partial charge in [0.15, 0.2) is 11.5 Å². The van der Waals surface area contributed by atoms with Gasteiger partial charge >= 0.3 is 6.03 Å². The Bertz CT molecular complexity index is 396. The number of hydrogen-bond acceptors (Lipinski definition) is 4. The first kappa shape index (κ1) is 14.1. The number of carbonyl (C=O) groups is 1. The summed E-state index contributed by atoms with van der Waals surface area (Å²) in [5.74, 6) is 1.41. The number of carbonyl (C=O) groups excluding carboxylic acids is 1. The highest BCUT2D eigenvalue weighted by molar-refractivity contribution is 5.71. The second-order valence-electron chi connectivity index (χ2n) is 3.66. The lowest BCUT2D eigenvalue weighted by molar-refractivity contribution is 0.249. The van der Waals surface area contributed by atoms with Crippen molar-refractivity contribution in [3.63, 3.8) is 0 Å². The largest absolute Gasteiger partial charge is 0.493 e. The van der Waals surface area contributed by atoms with E-state index in [4.69, 9.17) is 15.2 Å². The molecule has 0 bridgehead atoms. The van der Waals surface area contributed by atoms with E-state index in [0.29, 0.717) is 31.1 Å². The van der Waals surface area contributed by atoms with E-state index in [0.717, 1.165) is 5.56 Å². The fourth-order valence-corrected chi connectivity index (χ4v) is 1.50. The fraction of sp³-hybridized carbons (Fsp3) is 0.417. The van der Waals surface area contributed by atoms with E-state index < -0.39 is 6.03 Å². The van der Waals surface area contributed by atoms with Gasteiger partial charge in [-0.15, -0.1) is 0 Å². The molecule has 1 rings (SSSR count). The Balaban J connectivity index is 2.40. The number of methoxy groups -OCH3 is 2. The van der Waals surface area contributed by atoms with Crippen LogP contribution >= 0.6 is 0 Å². The zero-order chi connectivity index (χ0) is 13.4. The number of rotatable bonds is 7. The summed E-state index contributed by atoms with van der Waals surface area (Å²) < 4.78 is 10.4. The highest BCUT2D eigenvalue weighted by Crippen LogP contribution is 2.27. The highest BCUT2D eigenvalue weighted by Gasteiger charge is 2.03. The molecule has 4 N–H and O–H groups in total. The first-order valence-corrected chi connectivity index (χ1v) is 5.62. The zero-order valence-corrected chi connectivity index (χ0v) is 10.7. The summed E-state index contributed by atoms with van der Waals surface area (Å²) in [6.07, 6.45) is 0. The summed E-state index contributed by atoms with van der Waals surface area (Å²) in [5.41, 5.74) is 6.02. The van der Waals surface area contributed by atoms with E-state index in [1.165, 1.54) is 0 Å². The van der Waals surface area contributed by atoms with E-state index in [9.17, 15) is 4.79 Å². The van der Waals surface area contributed by atoms with Crippen molar-refractivity contribution in [3.05, 3.63) is 23.8 Å². The molecule has 0 aliphatic rings. The fourth-order valence-electron chi connectivity index (χ4n) is 1.50. The maximum absolute atomic E-state index is 10.4. The third-order valence-corrected chi connectivity index (χ3v) is 2.38. The first-order valence-electron chi connectivity index (χ1n) is 5.62. The van der Waals surface area contributed by atoms with Gasteiger partial charge in [0.2, 0.25) is 0 Å². The average Bonchev–Trinajstić information content (AvgIpc) is 2.37. The van der Waals surface area contributed by atoms with Crippen molar-refractivity contribution in [1.82, 2.24) is 10.6 Å². The van der Waals surface area contributed by atoms with Gasteiger partial charge in [-0.05, 0) is 17.7 Å². The summed E-state index contributed by atoms with van der Waals surface area (Å²) in [6.45, 7) is 1.83. The molecule has 0 atom stereocenters. The van der Waals surface area contributed by atoms with Gasteiger partial charge in [0.1, 0.15) is 0 Å². The Morgan fingerprint density at radius 2 is 1.94 bits per heavy atom. The van der Waals surface area contributed by atoms with Crippen LogP contribution in [0.4, 0.5) is 4.79 Å². The third-order valence-electron chi connectivity index (χ3n) is 2.38. The standard InChI is InChI=1S/C12H19N3O3/c1-17-10-4-3-9(7-11(10)18-2)8-14-5-6-15-12(13)16/h3-4,7,14H,5-6,8H2,1-2H3,(H3,13,15,16). The second kappa shape index (κ2) is 7.39. The molecule has 0 heterocycles. The van der Waals surface area contributed by atoms with E-state index in [-0.39, 0.29) is 0 Å². The summed E-state index contributed by atoms with van der Waals surface area (Å²) in [6, 6.07) is 5.21. The molecule has 0 saturated heterocycles. The molecule has 1 aromatic carbocycles. The molecule has 0 unspecified atom stereocenters. The summed E-state index contributed by atoms with van der Waals surface area (Å²) >= 11 is 0. The molecule has 0 aliphatic carbocycles. The molecule has 0 aliphatic heterocycles. The average molecular weight is 253 g/mol. The van der Waals surface area contributed by atoms with Crippen LogP contribution in [0.15, 0.2) is 18.2 Å². The minimum Gasteiger partial charge on any atom is -0.493 e. The molecule has 6 nitrogen and oxygen atoms in total. The number of urea groups is 1. The van der Waals surface area contributed by atoms with Gasteiger partial charge in [0.05, 0.1) is 14.2 Å². The molecule has 1 aromatic rings. The summed E-state index contributed by atoms with van der Waals surface area (Å²) in [7, 11) is 3.21. The number of amides is 2. The monoisotopic (exact) mass is 253 g/mol. The van der Waals surface area contributed by atoms with Crippen molar-refractivity contribution in [2.75, 3.05) is 27.3 Å². The van der Waals surface area contributed by atoms with Crippen LogP contribution in [0.1, 0.15) is 5.56 Å². The second-order valence-corrected chi connectivity index (χ2v) is 3.66. The van der Waals surface area contributed by atoms with Crippen LogP contribution < -0.4 is 25.8 Å². The molecule has 100 valence electrons. The van der Waals surface area contributed by atoms with Crippen LogP contribution in [0.5, 0.6) is 11.5 Å². The molecule has 2 amide bonds. The molecule has 0 saturated carbocycles. The number of ether oxygens (including phenoxy) is 2. The molecular formula is C12H19N3O3. The zero-order valence-electron chi connectivity index (χ0n) is 10.7. The highest BCUT2D eigenvalue weighted by atomic mass is 16.5. The summed E-state index contributed by atoms with van der Waals surface area (Å²) in [4.78, 5) is 10.4. The van der Waals surface area contributed by atoms with Crippen molar-refractivity contribution in [1.29, 1.82) is 0 Å². The maximum atomic E-state index is 10.4. The maximum Gasteiger partial charge on any atom is 0.312 e. The molecule has 0 spiro atoms. The van der Waals surface area contributed by atoms with Crippen LogP contribution in [0.2, 0.25) is 0 Å². The first-order chi connectivity index (χ1) is 8.67. The van der Waals surface area contributed by atoms with Gasteiger partial charge in [-0.1, -0.05) is 6.07 Å². The minimum atomic E-state index is -0.511.